The zero-order valence-electron chi connectivity index (χ0n) is 17.4. The lowest BCUT2D eigenvalue weighted by molar-refractivity contribution is 0.0427. The first-order chi connectivity index (χ1) is 15.2. The Balaban J connectivity index is 1.36. The molecule has 3 heterocycles. The average molecular weight is 436 g/mol. The quantitative estimate of drug-likeness (QED) is 0.604. The molecule has 1 fully saturated rings. The van der Waals surface area contributed by atoms with Crippen LogP contribution in [0.25, 0.3) is 0 Å². The number of rotatable bonds is 6. The van der Waals surface area contributed by atoms with Crippen LogP contribution in [0.15, 0.2) is 53.9 Å². The molecule has 1 saturated heterocycles. The number of aromatic nitrogens is 1. The summed E-state index contributed by atoms with van der Waals surface area (Å²) < 4.78 is 11.7. The molecular formula is C24H25N3O3S. The second-order valence-electron chi connectivity index (χ2n) is 7.90. The van der Waals surface area contributed by atoms with Gasteiger partial charge in [-0.05, 0) is 49.6 Å². The topological polar surface area (TPSA) is 63.7 Å². The Morgan fingerprint density at radius 3 is 2.81 bits per heavy atom. The molecule has 0 aliphatic carbocycles. The lowest BCUT2D eigenvalue weighted by Crippen LogP contribution is -2.46. The summed E-state index contributed by atoms with van der Waals surface area (Å²) in [7, 11) is 0. The molecule has 1 aromatic heterocycles. The Morgan fingerprint density at radius 1 is 1.23 bits per heavy atom. The van der Waals surface area contributed by atoms with Gasteiger partial charge in [0.25, 0.3) is 5.91 Å². The van der Waals surface area contributed by atoms with Crippen LogP contribution in [0.4, 0.5) is 5.69 Å². The van der Waals surface area contributed by atoms with E-state index in [1.165, 1.54) is 0 Å². The number of carbonyl (C=O) groups is 1. The second kappa shape index (κ2) is 8.69. The molecule has 2 unspecified atom stereocenters. The molecule has 7 heteroatoms. The van der Waals surface area contributed by atoms with Gasteiger partial charge in [0.2, 0.25) is 0 Å². The van der Waals surface area contributed by atoms with E-state index in [1.54, 1.807) is 11.3 Å². The standard InChI is InChI=1S/C24H25N3O3S/c1-16-25-18(15-31-16)14-30-19-10-8-17(9-11-19)23-26-22-7-3-2-6-21(22)24(28)27(23)13-20-5-4-12-29-20/h2-3,6-11,15,20,23,26H,4-5,12-14H2,1H3. The maximum atomic E-state index is 13.3. The highest BCUT2D eigenvalue weighted by molar-refractivity contribution is 7.09. The molecule has 2 atom stereocenters. The number of nitrogens with one attached hydrogen (secondary N) is 1. The van der Waals surface area contributed by atoms with Gasteiger partial charge in [-0.3, -0.25) is 4.79 Å². The minimum atomic E-state index is -0.248. The summed E-state index contributed by atoms with van der Waals surface area (Å²) in [5.74, 6) is 0.816. The molecule has 1 amide bonds. The Kier molecular flexibility index (Phi) is 5.61. The van der Waals surface area contributed by atoms with Gasteiger partial charge in [-0.15, -0.1) is 11.3 Å². The summed E-state index contributed by atoms with van der Waals surface area (Å²) in [4.78, 5) is 19.6. The molecule has 3 aromatic rings. The van der Waals surface area contributed by atoms with E-state index in [2.05, 4.69) is 10.3 Å². The number of nitrogens with zero attached hydrogens (tertiary/aromatic N) is 2. The number of benzene rings is 2. The van der Waals surface area contributed by atoms with Gasteiger partial charge < -0.3 is 19.7 Å². The van der Waals surface area contributed by atoms with Crippen LogP contribution in [0.2, 0.25) is 0 Å². The van der Waals surface area contributed by atoms with E-state index >= 15 is 0 Å². The van der Waals surface area contributed by atoms with E-state index in [4.69, 9.17) is 9.47 Å². The Hall–Kier alpha value is -2.90. The third kappa shape index (κ3) is 4.29. The third-order valence-corrected chi connectivity index (χ3v) is 6.52. The van der Waals surface area contributed by atoms with Crippen molar-refractivity contribution in [2.45, 2.75) is 38.6 Å². The minimum absolute atomic E-state index is 0.0362. The molecule has 2 aliphatic heterocycles. The Labute approximate surface area is 185 Å². The molecule has 6 nitrogen and oxygen atoms in total. The summed E-state index contributed by atoms with van der Waals surface area (Å²) in [5.41, 5.74) is 3.51. The summed E-state index contributed by atoms with van der Waals surface area (Å²) in [6.07, 6.45) is 1.87. The van der Waals surface area contributed by atoms with E-state index in [-0.39, 0.29) is 18.2 Å². The maximum absolute atomic E-state index is 13.3. The van der Waals surface area contributed by atoms with Gasteiger partial charge in [-0.2, -0.15) is 0 Å². The largest absolute Gasteiger partial charge is 0.487 e. The zero-order chi connectivity index (χ0) is 21.2. The van der Waals surface area contributed by atoms with Crippen LogP contribution >= 0.6 is 11.3 Å². The predicted octanol–water partition coefficient (Wildman–Crippen LogP) is 4.78. The molecule has 1 N–H and O–H groups in total. The van der Waals surface area contributed by atoms with Crippen LogP contribution in [0.1, 0.15) is 45.6 Å². The lowest BCUT2D eigenvalue weighted by Gasteiger charge is -2.39. The maximum Gasteiger partial charge on any atom is 0.257 e. The average Bonchev–Trinajstić information content (AvgIpc) is 3.46. The van der Waals surface area contributed by atoms with Gasteiger partial charge in [0, 0.05) is 24.2 Å². The monoisotopic (exact) mass is 435 g/mol. The highest BCUT2D eigenvalue weighted by Crippen LogP contribution is 2.34. The van der Waals surface area contributed by atoms with Crippen LogP contribution in [-0.4, -0.2) is 35.0 Å². The number of ether oxygens (including phenoxy) is 2. The molecule has 0 spiro atoms. The molecular weight excluding hydrogens is 410 g/mol. The van der Waals surface area contributed by atoms with E-state index in [9.17, 15) is 4.79 Å². The van der Waals surface area contributed by atoms with Gasteiger partial charge in [0.15, 0.2) is 0 Å². The number of thiazole rings is 1. The fourth-order valence-electron chi connectivity index (χ4n) is 4.13. The van der Waals surface area contributed by atoms with Crippen molar-refractivity contribution in [2.24, 2.45) is 0 Å². The van der Waals surface area contributed by atoms with Gasteiger partial charge in [0.05, 0.1) is 22.4 Å². The summed E-state index contributed by atoms with van der Waals surface area (Å²) in [6.45, 7) is 3.78. The van der Waals surface area contributed by atoms with Crippen molar-refractivity contribution in [3.63, 3.8) is 0 Å². The van der Waals surface area contributed by atoms with Gasteiger partial charge >= 0.3 is 0 Å². The minimum Gasteiger partial charge on any atom is -0.487 e. The first-order valence-electron chi connectivity index (χ1n) is 10.6. The molecule has 160 valence electrons. The van der Waals surface area contributed by atoms with Crippen molar-refractivity contribution in [3.8, 4) is 5.75 Å². The van der Waals surface area contributed by atoms with Crippen LogP contribution in [0.3, 0.4) is 0 Å². The van der Waals surface area contributed by atoms with Crippen molar-refractivity contribution >= 4 is 22.9 Å². The summed E-state index contributed by atoms with van der Waals surface area (Å²) >= 11 is 1.62. The number of amides is 1. The first-order valence-corrected chi connectivity index (χ1v) is 11.5. The molecule has 0 radical (unpaired) electrons. The molecule has 2 aromatic carbocycles. The lowest BCUT2D eigenvalue weighted by atomic mass is 10.0. The number of fused-ring (bicyclic) bond motifs is 1. The number of carbonyl (C=O) groups excluding carboxylic acids is 1. The third-order valence-electron chi connectivity index (χ3n) is 5.70. The van der Waals surface area contributed by atoms with Gasteiger partial charge in [-0.25, -0.2) is 4.98 Å². The van der Waals surface area contributed by atoms with E-state index in [0.29, 0.717) is 18.7 Å². The van der Waals surface area contributed by atoms with Crippen LogP contribution < -0.4 is 10.1 Å². The molecule has 0 bridgehead atoms. The number of para-hydroxylation sites is 1. The number of anilines is 1. The van der Waals surface area contributed by atoms with Crippen molar-refractivity contribution in [1.82, 2.24) is 9.88 Å². The van der Waals surface area contributed by atoms with Crippen LogP contribution in [0, 0.1) is 6.92 Å². The first kappa shape index (κ1) is 20.0. The van der Waals surface area contributed by atoms with E-state index in [1.807, 2.05) is 65.7 Å². The van der Waals surface area contributed by atoms with Gasteiger partial charge in [-0.1, -0.05) is 24.3 Å². The molecule has 0 saturated carbocycles. The molecule has 5 rings (SSSR count). The fraction of sp³-hybridized carbons (Fsp3) is 0.333. The number of hydrogen-bond donors (Lipinski definition) is 1. The molecule has 31 heavy (non-hydrogen) atoms. The zero-order valence-corrected chi connectivity index (χ0v) is 18.2. The van der Waals surface area contributed by atoms with Crippen molar-refractivity contribution < 1.29 is 14.3 Å². The van der Waals surface area contributed by atoms with E-state index in [0.717, 1.165) is 47.2 Å². The Bertz CT molecular complexity index is 1060. The number of aryl methyl sites for hydroxylation is 1. The van der Waals surface area contributed by atoms with Crippen molar-refractivity contribution in [3.05, 3.63) is 75.7 Å². The van der Waals surface area contributed by atoms with Crippen LogP contribution in [-0.2, 0) is 11.3 Å². The SMILES string of the molecule is Cc1nc(COc2ccc(C3Nc4ccccc4C(=O)N3CC3CCCO3)cc2)cs1. The predicted molar refractivity (Wildman–Crippen MR) is 120 cm³/mol. The van der Waals surface area contributed by atoms with Crippen LogP contribution in [0.5, 0.6) is 5.75 Å². The normalized spacial score (nSPS) is 20.4. The number of hydrogen-bond acceptors (Lipinski definition) is 6. The Morgan fingerprint density at radius 2 is 2.06 bits per heavy atom. The van der Waals surface area contributed by atoms with Crippen molar-refractivity contribution in [2.75, 3.05) is 18.5 Å². The highest BCUT2D eigenvalue weighted by Gasteiger charge is 2.35. The molecule has 2 aliphatic rings. The van der Waals surface area contributed by atoms with E-state index < -0.39 is 0 Å². The summed E-state index contributed by atoms with van der Waals surface area (Å²) in [6, 6.07) is 15.6. The van der Waals surface area contributed by atoms with Gasteiger partial charge in [0.1, 0.15) is 18.5 Å². The highest BCUT2D eigenvalue weighted by atomic mass is 32.1. The second-order valence-corrected chi connectivity index (χ2v) is 8.96. The summed E-state index contributed by atoms with van der Waals surface area (Å²) in [5, 5.41) is 6.60. The fourth-order valence-corrected chi connectivity index (χ4v) is 4.73. The smallest absolute Gasteiger partial charge is 0.257 e. The van der Waals surface area contributed by atoms with Crippen molar-refractivity contribution in [1.29, 1.82) is 0 Å².